The number of β-amino-alcohol motifs (C(OH)–C–C–N with tert-alkyl or cyclic N) is 1. The number of amides is 2. The van der Waals surface area contributed by atoms with E-state index in [-0.39, 0.29) is 60.8 Å². The van der Waals surface area contributed by atoms with Crippen molar-refractivity contribution in [3.63, 3.8) is 0 Å². The summed E-state index contributed by atoms with van der Waals surface area (Å²) in [5, 5.41) is 46.2. The van der Waals surface area contributed by atoms with Gasteiger partial charge in [-0.1, -0.05) is 43.3 Å². The van der Waals surface area contributed by atoms with E-state index in [9.17, 15) is 19.8 Å². The second kappa shape index (κ2) is 21.9. The molecule has 1 unspecified atom stereocenters. The van der Waals surface area contributed by atoms with Crippen molar-refractivity contribution in [3.05, 3.63) is 95.9 Å². The van der Waals surface area contributed by atoms with Crippen LogP contribution in [-0.2, 0) is 14.3 Å². The van der Waals surface area contributed by atoms with Crippen molar-refractivity contribution in [1.29, 1.82) is 5.26 Å². The van der Waals surface area contributed by atoms with Crippen molar-refractivity contribution < 1.29 is 33.8 Å². The number of carbonyl (C=O) groups excluding carboxylic acids is 2. The molecular formula is C57H70N12O7. The van der Waals surface area contributed by atoms with Gasteiger partial charge in [0.1, 0.15) is 23.8 Å². The van der Waals surface area contributed by atoms with Crippen LogP contribution < -0.4 is 30.5 Å². The van der Waals surface area contributed by atoms with Crippen molar-refractivity contribution in [2.75, 3.05) is 72.8 Å². The Kier molecular flexibility index (Phi) is 14.7. The number of aliphatic hydroxyl groups excluding tert-OH is 1. The van der Waals surface area contributed by atoms with E-state index in [2.05, 4.69) is 63.5 Å². The molecule has 2 bridgehead atoms. The van der Waals surface area contributed by atoms with E-state index < -0.39 is 18.1 Å². The Balaban J connectivity index is 0.594. The van der Waals surface area contributed by atoms with Crippen LogP contribution in [0.4, 0.5) is 23.0 Å². The highest BCUT2D eigenvalue weighted by Gasteiger charge is 2.47. The van der Waals surface area contributed by atoms with Crippen LogP contribution in [0.5, 0.6) is 11.6 Å². The highest BCUT2D eigenvalue weighted by Crippen LogP contribution is 2.42. The number of piperidine rings is 3. The Hall–Kier alpha value is -7.01. The highest BCUT2D eigenvalue weighted by atomic mass is 16.5. The third-order valence-electron chi connectivity index (χ3n) is 16.8. The zero-order chi connectivity index (χ0) is 52.6. The standard InChI is InChI=1S/C57H70N12O7/c1-34(2)54(57(73)68-33-42(70)24-49(68)56(72)61-35(3)38-10-8-36(29-58)9-11-38)51-28-52(64-76-51)66-20-13-37(14-21-66)30-65-18-15-43(16-19-65)74-44-25-45(26-44)75-53-23-39(12-17-60-53)69-40-22-41(69)32-67(31-40)48-27-47(62-63-55(48)59)46-6-4-5-7-50(46)71/h4-12,17,23,27-28,34-35,37,40-45,49,54,70-71H,13-16,18-22,24-26,30-33H2,1-3H3,(H2,59,63)(H,61,72)/t35-,40+,41?,42+,44?,45?,49-,54+/m0/s1. The first kappa shape index (κ1) is 51.1. The Morgan fingerprint density at radius 3 is 2.34 bits per heavy atom. The molecule has 0 radical (unpaired) electrons. The largest absolute Gasteiger partial charge is 0.507 e. The van der Waals surface area contributed by atoms with E-state index in [1.807, 2.05) is 51.2 Å². The smallest absolute Gasteiger partial charge is 0.243 e. The maximum absolute atomic E-state index is 14.3. The molecule has 6 aliphatic heterocycles. The normalized spacial score (nSPS) is 24.9. The Morgan fingerprint density at radius 1 is 0.868 bits per heavy atom. The second-order valence-electron chi connectivity index (χ2n) is 22.3. The van der Waals surface area contributed by atoms with E-state index in [4.69, 9.17) is 25.0 Å². The van der Waals surface area contributed by atoms with Gasteiger partial charge in [-0.3, -0.25) is 9.59 Å². The van der Waals surface area contributed by atoms with Crippen LogP contribution in [0.15, 0.2) is 83.5 Å². The number of pyridine rings is 1. The molecule has 7 aliphatic rings. The molecule has 2 amide bonds. The number of nitrogens with one attached hydrogen (secondary N) is 1. The summed E-state index contributed by atoms with van der Waals surface area (Å²) in [4.78, 5) is 43.6. The first-order valence-electron chi connectivity index (χ1n) is 27.3. The number of phenols is 1. The molecule has 1 saturated carbocycles. The van der Waals surface area contributed by atoms with Gasteiger partial charge in [-0.25, -0.2) is 4.98 Å². The highest BCUT2D eigenvalue weighted by molar-refractivity contribution is 5.91. The summed E-state index contributed by atoms with van der Waals surface area (Å²) in [6.07, 6.45) is 8.69. The summed E-state index contributed by atoms with van der Waals surface area (Å²) in [5.41, 5.74) is 10.9. The average Bonchev–Trinajstić information content (AvgIpc) is 4.10. The number of fused-ring (bicyclic) bond motifs is 2. The predicted molar refractivity (Wildman–Crippen MR) is 286 cm³/mol. The first-order chi connectivity index (χ1) is 36.8. The fourth-order valence-corrected chi connectivity index (χ4v) is 12.5. The number of hydrogen-bond acceptors (Lipinski definition) is 17. The fraction of sp³-hybridized carbons (Fsp3) is 0.526. The molecule has 400 valence electrons. The van der Waals surface area contributed by atoms with Gasteiger partial charge in [-0.05, 0) is 92.8 Å². The second-order valence-corrected chi connectivity index (χ2v) is 22.3. The molecule has 3 aromatic heterocycles. The van der Waals surface area contributed by atoms with E-state index in [0.717, 1.165) is 114 Å². The van der Waals surface area contributed by atoms with Gasteiger partial charge in [-0.2, -0.15) is 5.26 Å². The minimum absolute atomic E-state index is 0.0646. The molecule has 19 nitrogen and oxygen atoms in total. The monoisotopic (exact) mass is 1030 g/mol. The van der Waals surface area contributed by atoms with Gasteiger partial charge in [0.05, 0.1) is 47.4 Å². The zero-order valence-corrected chi connectivity index (χ0v) is 43.7. The lowest BCUT2D eigenvalue weighted by Gasteiger charge is -2.58. The van der Waals surface area contributed by atoms with Gasteiger partial charge in [0.15, 0.2) is 17.4 Å². The summed E-state index contributed by atoms with van der Waals surface area (Å²) in [7, 11) is 0. The van der Waals surface area contributed by atoms with E-state index >= 15 is 0 Å². The van der Waals surface area contributed by atoms with Crippen molar-refractivity contribution in [2.24, 2.45) is 11.8 Å². The Bertz CT molecular complexity index is 2880. The summed E-state index contributed by atoms with van der Waals surface area (Å²) in [5.74, 6) is 1.57. The Morgan fingerprint density at radius 2 is 1.62 bits per heavy atom. The SMILES string of the molecule is CC(C)[C@@H](C(=O)N1C[C@H](O)C[C@H]1C(=O)N[C@@H](C)c1ccc(C#N)cc1)c1cc(N2CCC(CN3CCC(OC4CC(Oc5cc(N6C7C[C@@H]6CN(c6cc(-c8ccccc8O)nnc6N)C7)ccn5)C4)CC3)CC2)no1. The number of carbonyl (C=O) groups is 2. The number of hydrogen-bond donors (Lipinski definition) is 4. The van der Waals surface area contributed by atoms with Crippen LogP contribution in [0, 0.1) is 23.2 Å². The van der Waals surface area contributed by atoms with E-state index in [1.165, 1.54) is 4.90 Å². The van der Waals surface area contributed by atoms with Gasteiger partial charge >= 0.3 is 0 Å². The number of nitrogen functional groups attached to an aromatic ring is 1. The fourth-order valence-electron chi connectivity index (χ4n) is 12.5. The molecular weight excluding hydrogens is 965 g/mol. The number of likely N-dealkylation sites (tertiary alicyclic amines) is 2. The van der Waals surface area contributed by atoms with Crippen LogP contribution in [0.2, 0.25) is 0 Å². The third-order valence-corrected chi connectivity index (χ3v) is 16.8. The lowest BCUT2D eigenvalue weighted by molar-refractivity contribution is -0.141. The summed E-state index contributed by atoms with van der Waals surface area (Å²) in [6.45, 7) is 12.3. The number of benzene rings is 2. The average molecular weight is 1040 g/mol. The van der Waals surface area contributed by atoms with Gasteiger partial charge in [0.2, 0.25) is 17.7 Å². The quantitative estimate of drug-likeness (QED) is 0.0882. The van der Waals surface area contributed by atoms with E-state index in [0.29, 0.717) is 52.3 Å². The minimum Gasteiger partial charge on any atom is -0.507 e. The summed E-state index contributed by atoms with van der Waals surface area (Å²) < 4.78 is 18.9. The molecule has 5 N–H and O–H groups in total. The zero-order valence-electron chi connectivity index (χ0n) is 43.7. The molecule has 6 atom stereocenters. The summed E-state index contributed by atoms with van der Waals surface area (Å²) >= 11 is 0. The van der Waals surface area contributed by atoms with Crippen LogP contribution in [0.3, 0.4) is 0 Å². The van der Waals surface area contributed by atoms with Gasteiger partial charge in [-0.15, -0.1) is 10.2 Å². The lowest BCUT2D eigenvalue weighted by atomic mass is 9.86. The van der Waals surface area contributed by atoms with Crippen molar-refractivity contribution in [3.8, 4) is 29.0 Å². The number of para-hydroxylation sites is 1. The maximum Gasteiger partial charge on any atom is 0.243 e. The van der Waals surface area contributed by atoms with Crippen LogP contribution in [0.25, 0.3) is 11.3 Å². The number of rotatable bonds is 16. The predicted octanol–water partition coefficient (Wildman–Crippen LogP) is 6.04. The molecule has 0 spiro atoms. The van der Waals surface area contributed by atoms with E-state index in [1.54, 1.807) is 36.4 Å². The third kappa shape index (κ3) is 10.8. The number of aliphatic hydroxyl groups is 1. The molecule has 12 rings (SSSR count). The van der Waals surface area contributed by atoms with Crippen LogP contribution >= 0.6 is 0 Å². The minimum atomic E-state index is -0.824. The first-order valence-corrected chi connectivity index (χ1v) is 27.3. The number of nitriles is 1. The number of ether oxygens (including phenoxy) is 2. The molecule has 5 aromatic rings. The molecule has 9 heterocycles. The maximum atomic E-state index is 14.3. The molecule has 6 saturated heterocycles. The lowest BCUT2D eigenvalue weighted by Crippen LogP contribution is -2.69. The topological polar surface area (TPSA) is 236 Å². The number of nitrogens with zero attached hydrogens (tertiary/aromatic N) is 10. The molecule has 76 heavy (non-hydrogen) atoms. The molecule has 19 heteroatoms. The van der Waals surface area contributed by atoms with Crippen LogP contribution in [-0.4, -0.2) is 147 Å². The number of aromatic hydroxyl groups is 1. The van der Waals surface area contributed by atoms with Crippen LogP contribution in [0.1, 0.15) is 101 Å². The van der Waals surface area contributed by atoms with Gasteiger partial charge in [0, 0.05) is 113 Å². The van der Waals surface area contributed by atoms with Crippen molar-refractivity contribution >= 4 is 34.8 Å². The van der Waals surface area contributed by atoms with Crippen molar-refractivity contribution in [1.82, 2.24) is 35.5 Å². The molecule has 1 aliphatic carbocycles. The number of phenolic OH excluding ortho intramolecular Hbond substituents is 1. The van der Waals surface area contributed by atoms with Gasteiger partial charge < -0.3 is 59.8 Å². The molecule has 2 aromatic carbocycles. The number of anilines is 4. The molecule has 7 fully saturated rings. The van der Waals surface area contributed by atoms with Gasteiger partial charge in [0.25, 0.3) is 0 Å². The number of nitrogens with two attached hydrogens (primary N) is 1. The Labute approximate surface area is 443 Å². The number of piperazine rings is 1. The summed E-state index contributed by atoms with van der Waals surface area (Å²) in [6, 6.07) is 23.7. The number of aromatic nitrogens is 4. The van der Waals surface area contributed by atoms with Crippen molar-refractivity contribution in [2.45, 2.75) is 127 Å².